The largest absolute Gasteiger partial charge is 0.456 e. The van der Waals surface area contributed by atoms with Gasteiger partial charge in [-0.25, -0.2) is 4.98 Å². The quantitative estimate of drug-likeness (QED) is 0.821. The molecular formula is C11H7BrCl2N2O. The van der Waals surface area contributed by atoms with Gasteiger partial charge in [-0.1, -0.05) is 23.2 Å². The van der Waals surface area contributed by atoms with Crippen LogP contribution in [-0.2, 0) is 0 Å². The molecule has 1 heterocycles. The topological polar surface area (TPSA) is 48.1 Å². The molecule has 2 N–H and O–H groups in total. The van der Waals surface area contributed by atoms with Gasteiger partial charge in [-0.3, -0.25) is 0 Å². The van der Waals surface area contributed by atoms with E-state index < -0.39 is 0 Å². The van der Waals surface area contributed by atoms with Gasteiger partial charge in [-0.05, 0) is 28.1 Å². The fraction of sp³-hybridized carbons (Fsp3) is 0. The number of ether oxygens (including phenoxy) is 1. The molecule has 0 unspecified atom stereocenters. The minimum atomic E-state index is 0.377. The zero-order chi connectivity index (χ0) is 12.4. The normalized spacial score (nSPS) is 10.3. The number of benzene rings is 1. The van der Waals surface area contributed by atoms with E-state index in [1.165, 1.54) is 0 Å². The number of aromatic nitrogens is 1. The number of anilines is 1. The van der Waals surface area contributed by atoms with Crippen molar-refractivity contribution >= 4 is 44.9 Å². The van der Waals surface area contributed by atoms with Crippen molar-refractivity contribution < 1.29 is 4.74 Å². The van der Waals surface area contributed by atoms with Crippen LogP contribution in [0.1, 0.15) is 0 Å². The third kappa shape index (κ3) is 3.03. The fourth-order valence-corrected chi connectivity index (χ4v) is 2.03. The first-order valence-electron chi connectivity index (χ1n) is 4.60. The van der Waals surface area contributed by atoms with Gasteiger partial charge in [-0.2, -0.15) is 0 Å². The predicted molar refractivity (Wildman–Crippen MR) is 72.9 cm³/mol. The molecule has 0 saturated heterocycles. The van der Waals surface area contributed by atoms with E-state index in [1.54, 1.807) is 30.5 Å². The van der Waals surface area contributed by atoms with Gasteiger partial charge >= 0.3 is 0 Å². The smallest absolute Gasteiger partial charge is 0.147 e. The summed E-state index contributed by atoms with van der Waals surface area (Å²) < 4.78 is 6.28. The second kappa shape index (κ2) is 5.12. The van der Waals surface area contributed by atoms with Gasteiger partial charge in [0.2, 0.25) is 0 Å². The molecule has 2 aromatic rings. The molecule has 0 fully saturated rings. The molecular weight excluding hydrogens is 327 g/mol. The summed E-state index contributed by atoms with van der Waals surface area (Å²) in [5, 5.41) is 0.975. The van der Waals surface area contributed by atoms with Crippen LogP contribution in [0, 0.1) is 0 Å². The second-order valence-corrected chi connectivity index (χ2v) is 4.88. The molecule has 0 spiro atoms. The lowest BCUT2D eigenvalue weighted by atomic mass is 10.3. The number of halogens is 3. The standard InChI is InChI=1S/C11H7BrCl2N2O/c12-7-4-9(14)10(5-8(7)13)17-6-1-2-16-11(15)3-6/h1-5H,(H2,15,16). The molecule has 0 bridgehead atoms. The minimum absolute atomic E-state index is 0.377. The van der Waals surface area contributed by atoms with Crippen molar-refractivity contribution in [2.45, 2.75) is 0 Å². The molecule has 1 aromatic heterocycles. The highest BCUT2D eigenvalue weighted by atomic mass is 79.9. The summed E-state index contributed by atoms with van der Waals surface area (Å²) in [6.07, 6.45) is 1.55. The highest BCUT2D eigenvalue weighted by Gasteiger charge is 2.08. The van der Waals surface area contributed by atoms with Gasteiger partial charge in [0.1, 0.15) is 17.3 Å². The van der Waals surface area contributed by atoms with Crippen molar-refractivity contribution in [3.8, 4) is 11.5 Å². The third-order valence-electron chi connectivity index (χ3n) is 1.96. The van der Waals surface area contributed by atoms with Gasteiger partial charge in [0.15, 0.2) is 0 Å². The minimum Gasteiger partial charge on any atom is -0.456 e. The molecule has 17 heavy (non-hydrogen) atoms. The first-order chi connectivity index (χ1) is 8.06. The molecule has 3 nitrogen and oxygen atoms in total. The number of hydrogen-bond acceptors (Lipinski definition) is 3. The maximum Gasteiger partial charge on any atom is 0.147 e. The predicted octanol–water partition coefficient (Wildman–Crippen LogP) is 4.53. The number of pyridine rings is 1. The molecule has 0 atom stereocenters. The first kappa shape index (κ1) is 12.5. The number of nitrogens with zero attached hydrogens (tertiary/aromatic N) is 1. The molecule has 0 saturated carbocycles. The van der Waals surface area contributed by atoms with Crippen LogP contribution in [0.25, 0.3) is 0 Å². The first-order valence-corrected chi connectivity index (χ1v) is 6.15. The zero-order valence-electron chi connectivity index (χ0n) is 8.45. The Kier molecular flexibility index (Phi) is 3.76. The Bertz CT molecular complexity index is 563. The van der Waals surface area contributed by atoms with Gasteiger partial charge in [0.25, 0.3) is 0 Å². The Balaban J connectivity index is 2.33. The highest BCUT2D eigenvalue weighted by molar-refractivity contribution is 9.10. The molecule has 88 valence electrons. The van der Waals surface area contributed by atoms with Gasteiger partial charge in [-0.15, -0.1) is 0 Å². The maximum absolute atomic E-state index is 6.03. The molecule has 0 aliphatic rings. The molecule has 2 rings (SSSR count). The van der Waals surface area contributed by atoms with Crippen LogP contribution in [0.15, 0.2) is 34.9 Å². The Hall–Kier alpha value is -0.970. The number of rotatable bonds is 2. The van der Waals surface area contributed by atoms with Gasteiger partial charge in [0, 0.05) is 22.8 Å². The van der Waals surface area contributed by atoms with E-state index in [-0.39, 0.29) is 0 Å². The average Bonchev–Trinajstić information content (AvgIpc) is 2.26. The van der Waals surface area contributed by atoms with Crippen LogP contribution >= 0.6 is 39.1 Å². The van der Waals surface area contributed by atoms with Crippen molar-refractivity contribution in [1.29, 1.82) is 0 Å². The molecule has 0 radical (unpaired) electrons. The SMILES string of the molecule is Nc1cc(Oc2cc(Cl)c(Br)cc2Cl)ccn1. The summed E-state index contributed by atoms with van der Waals surface area (Å²) in [5.74, 6) is 1.39. The number of nitrogen functional groups attached to an aromatic ring is 1. The van der Waals surface area contributed by atoms with Crippen LogP contribution in [0.5, 0.6) is 11.5 Å². The Morgan fingerprint density at radius 3 is 2.65 bits per heavy atom. The summed E-state index contributed by atoms with van der Waals surface area (Å²) in [7, 11) is 0. The van der Waals surface area contributed by atoms with E-state index in [4.69, 9.17) is 33.7 Å². The van der Waals surface area contributed by atoms with E-state index in [1.807, 2.05) is 0 Å². The molecule has 6 heteroatoms. The zero-order valence-corrected chi connectivity index (χ0v) is 11.6. The number of hydrogen-bond donors (Lipinski definition) is 1. The summed E-state index contributed by atoms with van der Waals surface area (Å²) in [6.45, 7) is 0. The van der Waals surface area contributed by atoms with Crippen LogP contribution < -0.4 is 10.5 Å². The van der Waals surface area contributed by atoms with Crippen molar-refractivity contribution in [2.24, 2.45) is 0 Å². The lowest BCUT2D eigenvalue weighted by Gasteiger charge is -2.09. The summed E-state index contributed by atoms with van der Waals surface area (Å²) in [6, 6.07) is 6.59. The summed E-state index contributed by atoms with van der Waals surface area (Å²) >= 11 is 15.3. The van der Waals surface area contributed by atoms with E-state index in [2.05, 4.69) is 20.9 Å². The van der Waals surface area contributed by atoms with Crippen molar-refractivity contribution in [1.82, 2.24) is 4.98 Å². The molecule has 0 aliphatic heterocycles. The Labute approximate surface area is 117 Å². The van der Waals surface area contributed by atoms with Crippen molar-refractivity contribution in [2.75, 3.05) is 5.73 Å². The lowest BCUT2D eigenvalue weighted by Crippen LogP contribution is -1.91. The van der Waals surface area contributed by atoms with Crippen molar-refractivity contribution in [3.63, 3.8) is 0 Å². The number of nitrogens with two attached hydrogens (primary N) is 1. The van der Waals surface area contributed by atoms with Crippen LogP contribution in [-0.4, -0.2) is 4.98 Å². The van der Waals surface area contributed by atoms with Crippen LogP contribution in [0.3, 0.4) is 0 Å². The summed E-state index contributed by atoms with van der Waals surface area (Å²) in [5.41, 5.74) is 5.55. The van der Waals surface area contributed by atoms with E-state index in [0.29, 0.717) is 31.8 Å². The molecule has 0 amide bonds. The fourth-order valence-electron chi connectivity index (χ4n) is 1.20. The molecule has 1 aromatic carbocycles. The van der Waals surface area contributed by atoms with Crippen LogP contribution in [0.4, 0.5) is 5.82 Å². The average molecular weight is 334 g/mol. The van der Waals surface area contributed by atoms with Crippen molar-refractivity contribution in [3.05, 3.63) is 45.0 Å². The van der Waals surface area contributed by atoms with Crippen LogP contribution in [0.2, 0.25) is 10.0 Å². The Morgan fingerprint density at radius 2 is 1.94 bits per heavy atom. The maximum atomic E-state index is 6.03. The van der Waals surface area contributed by atoms with Gasteiger partial charge in [0.05, 0.1) is 10.0 Å². The van der Waals surface area contributed by atoms with E-state index >= 15 is 0 Å². The Morgan fingerprint density at radius 1 is 1.18 bits per heavy atom. The van der Waals surface area contributed by atoms with E-state index in [0.717, 1.165) is 0 Å². The lowest BCUT2D eigenvalue weighted by molar-refractivity contribution is 0.482. The van der Waals surface area contributed by atoms with E-state index in [9.17, 15) is 0 Å². The second-order valence-electron chi connectivity index (χ2n) is 3.22. The third-order valence-corrected chi connectivity index (χ3v) is 3.45. The van der Waals surface area contributed by atoms with Gasteiger partial charge < -0.3 is 10.5 Å². The monoisotopic (exact) mass is 332 g/mol. The summed E-state index contributed by atoms with van der Waals surface area (Å²) in [4.78, 5) is 3.87. The molecule has 0 aliphatic carbocycles. The highest BCUT2D eigenvalue weighted by Crippen LogP contribution is 2.36.